The van der Waals surface area contributed by atoms with Crippen molar-refractivity contribution in [2.24, 2.45) is 5.92 Å². The second-order valence-electron chi connectivity index (χ2n) is 8.16. The Labute approximate surface area is 167 Å². The van der Waals surface area contributed by atoms with Crippen LogP contribution in [-0.4, -0.2) is 46.6 Å². The van der Waals surface area contributed by atoms with Gasteiger partial charge in [-0.1, -0.05) is 18.6 Å². The summed E-state index contributed by atoms with van der Waals surface area (Å²) in [6, 6.07) is 7.81. The number of ether oxygens (including phenoxy) is 1. The van der Waals surface area contributed by atoms with E-state index in [0.717, 1.165) is 54.2 Å². The van der Waals surface area contributed by atoms with Gasteiger partial charge in [-0.15, -0.1) is 0 Å². The molecule has 0 radical (unpaired) electrons. The molecule has 2 aromatic rings. The van der Waals surface area contributed by atoms with Gasteiger partial charge in [-0.2, -0.15) is 0 Å². The van der Waals surface area contributed by atoms with Crippen LogP contribution in [0.5, 0.6) is 0 Å². The van der Waals surface area contributed by atoms with E-state index >= 15 is 0 Å². The zero-order valence-electron chi connectivity index (χ0n) is 16.9. The summed E-state index contributed by atoms with van der Waals surface area (Å²) in [5.41, 5.74) is 4.40. The van der Waals surface area contributed by atoms with Crippen LogP contribution in [0.3, 0.4) is 0 Å². The molecule has 1 aromatic carbocycles. The van der Waals surface area contributed by atoms with Crippen molar-refractivity contribution in [3.05, 3.63) is 47.4 Å². The first-order valence-electron chi connectivity index (χ1n) is 10.4. The topological polar surface area (TPSA) is 55.3 Å². The first kappa shape index (κ1) is 19.1. The number of carbonyl (C=O) groups is 1. The molecule has 148 valence electrons. The van der Waals surface area contributed by atoms with Crippen molar-refractivity contribution in [3.8, 4) is 11.3 Å². The number of carbonyl (C=O) groups excluding carboxylic acids is 1. The van der Waals surface area contributed by atoms with Crippen LogP contribution in [0.4, 0.5) is 0 Å². The zero-order valence-corrected chi connectivity index (χ0v) is 16.9. The minimum atomic E-state index is 0.112. The molecule has 1 atom stereocenters. The highest BCUT2D eigenvalue weighted by molar-refractivity contribution is 5.94. The summed E-state index contributed by atoms with van der Waals surface area (Å²) in [5, 5.41) is 0. The number of rotatable bonds is 6. The van der Waals surface area contributed by atoms with Gasteiger partial charge in [-0.25, -0.2) is 4.98 Å². The lowest BCUT2D eigenvalue weighted by molar-refractivity contribution is 0.0448. The van der Waals surface area contributed by atoms with Crippen LogP contribution in [0.25, 0.3) is 11.3 Å². The lowest BCUT2D eigenvalue weighted by Crippen LogP contribution is -2.41. The molecule has 0 spiro atoms. The Morgan fingerprint density at radius 2 is 1.89 bits per heavy atom. The molecule has 1 saturated carbocycles. The maximum absolute atomic E-state index is 13.2. The molecule has 4 rings (SSSR count). The lowest BCUT2D eigenvalue weighted by atomic mass is 9.85. The van der Waals surface area contributed by atoms with Crippen LogP contribution in [0.1, 0.15) is 53.8 Å². The van der Waals surface area contributed by atoms with Gasteiger partial charge in [-0.3, -0.25) is 9.78 Å². The Kier molecular flexibility index (Phi) is 5.72. The second-order valence-corrected chi connectivity index (χ2v) is 8.16. The third kappa shape index (κ3) is 4.25. The molecule has 2 fully saturated rings. The summed E-state index contributed by atoms with van der Waals surface area (Å²) in [6.45, 7) is 6.28. The standard InChI is InChI=1S/C23H29N3O2/c1-16-13-24-17(2)22(25-16)19-8-10-20(11-9-19)23(27)26(14-18-5-3-6-18)15-21-7-4-12-28-21/h8-11,13,18,21H,3-7,12,14-15H2,1-2H3/t21-/m1/s1. The maximum Gasteiger partial charge on any atom is 0.253 e. The monoisotopic (exact) mass is 379 g/mol. The molecule has 0 bridgehead atoms. The molecular formula is C23H29N3O2. The van der Waals surface area contributed by atoms with Crippen molar-refractivity contribution >= 4 is 5.91 Å². The van der Waals surface area contributed by atoms with Crippen molar-refractivity contribution in [2.45, 2.75) is 52.1 Å². The van der Waals surface area contributed by atoms with E-state index in [2.05, 4.69) is 9.97 Å². The van der Waals surface area contributed by atoms with E-state index in [1.807, 2.05) is 43.0 Å². The van der Waals surface area contributed by atoms with Crippen molar-refractivity contribution < 1.29 is 9.53 Å². The van der Waals surface area contributed by atoms with Crippen molar-refractivity contribution in [1.29, 1.82) is 0 Å². The first-order chi connectivity index (χ1) is 13.6. The summed E-state index contributed by atoms with van der Waals surface area (Å²) in [4.78, 5) is 24.2. The van der Waals surface area contributed by atoms with E-state index in [1.165, 1.54) is 19.3 Å². The Morgan fingerprint density at radius 1 is 1.11 bits per heavy atom. The van der Waals surface area contributed by atoms with Gasteiger partial charge in [0.2, 0.25) is 0 Å². The van der Waals surface area contributed by atoms with Gasteiger partial charge >= 0.3 is 0 Å². The van der Waals surface area contributed by atoms with Crippen LogP contribution in [0, 0.1) is 19.8 Å². The van der Waals surface area contributed by atoms with Crippen molar-refractivity contribution in [1.82, 2.24) is 14.9 Å². The largest absolute Gasteiger partial charge is 0.376 e. The molecule has 1 aliphatic heterocycles. The SMILES string of the molecule is Cc1cnc(C)c(-c2ccc(C(=O)N(CC3CCC3)C[C@H]3CCCO3)cc2)n1. The fraction of sp³-hybridized carbons (Fsp3) is 0.522. The van der Waals surface area contributed by atoms with E-state index in [1.54, 1.807) is 6.20 Å². The van der Waals surface area contributed by atoms with Crippen molar-refractivity contribution in [2.75, 3.05) is 19.7 Å². The quantitative estimate of drug-likeness (QED) is 0.755. The Morgan fingerprint density at radius 3 is 2.54 bits per heavy atom. The summed E-state index contributed by atoms with van der Waals surface area (Å²) in [5.74, 6) is 0.760. The average molecular weight is 380 g/mol. The fourth-order valence-electron chi connectivity index (χ4n) is 4.03. The second kappa shape index (κ2) is 8.39. The normalized spacial score (nSPS) is 19.4. The van der Waals surface area contributed by atoms with Gasteiger partial charge in [-0.05, 0) is 57.6 Å². The summed E-state index contributed by atoms with van der Waals surface area (Å²) >= 11 is 0. The molecule has 28 heavy (non-hydrogen) atoms. The minimum Gasteiger partial charge on any atom is -0.376 e. The molecule has 5 nitrogen and oxygen atoms in total. The predicted octanol–water partition coefficient (Wildman–Crippen LogP) is 4.18. The number of aryl methyl sites for hydroxylation is 2. The molecule has 2 aliphatic rings. The third-order valence-electron chi connectivity index (χ3n) is 5.92. The number of hydrogen-bond donors (Lipinski definition) is 0. The summed E-state index contributed by atoms with van der Waals surface area (Å²) in [7, 11) is 0. The highest BCUT2D eigenvalue weighted by Crippen LogP contribution is 2.29. The fourth-order valence-corrected chi connectivity index (χ4v) is 4.03. The van der Waals surface area contributed by atoms with Gasteiger partial charge in [0.05, 0.1) is 23.2 Å². The molecule has 1 aliphatic carbocycles. The molecule has 0 unspecified atom stereocenters. The van der Waals surface area contributed by atoms with E-state index in [-0.39, 0.29) is 12.0 Å². The maximum atomic E-state index is 13.2. The molecule has 0 N–H and O–H groups in total. The number of benzene rings is 1. The van der Waals surface area contributed by atoms with Crippen LogP contribution in [0.2, 0.25) is 0 Å². The lowest BCUT2D eigenvalue weighted by Gasteiger charge is -2.33. The van der Waals surface area contributed by atoms with Crippen molar-refractivity contribution in [3.63, 3.8) is 0 Å². The van der Waals surface area contributed by atoms with E-state index in [9.17, 15) is 4.79 Å². The Balaban J connectivity index is 1.51. The van der Waals surface area contributed by atoms with E-state index < -0.39 is 0 Å². The molecule has 5 heteroatoms. The Hall–Kier alpha value is -2.27. The number of hydrogen-bond acceptors (Lipinski definition) is 4. The van der Waals surface area contributed by atoms with Crippen LogP contribution >= 0.6 is 0 Å². The Bertz CT molecular complexity index is 824. The van der Waals surface area contributed by atoms with Gasteiger partial charge in [0.15, 0.2) is 0 Å². The highest BCUT2D eigenvalue weighted by Gasteiger charge is 2.28. The molecule has 1 amide bonds. The minimum absolute atomic E-state index is 0.112. The van der Waals surface area contributed by atoms with Crippen LogP contribution < -0.4 is 0 Å². The third-order valence-corrected chi connectivity index (χ3v) is 5.92. The molecule has 2 heterocycles. The van der Waals surface area contributed by atoms with Crippen LogP contribution in [-0.2, 0) is 4.74 Å². The van der Waals surface area contributed by atoms with E-state index in [4.69, 9.17) is 4.74 Å². The van der Waals surface area contributed by atoms with Gasteiger partial charge in [0.25, 0.3) is 5.91 Å². The smallest absolute Gasteiger partial charge is 0.253 e. The summed E-state index contributed by atoms with van der Waals surface area (Å²) in [6.07, 6.45) is 7.88. The number of nitrogens with zero attached hydrogens (tertiary/aromatic N) is 3. The molecular weight excluding hydrogens is 350 g/mol. The first-order valence-corrected chi connectivity index (χ1v) is 10.4. The average Bonchev–Trinajstić information content (AvgIpc) is 3.18. The van der Waals surface area contributed by atoms with Gasteiger partial charge in [0, 0.05) is 37.0 Å². The highest BCUT2D eigenvalue weighted by atomic mass is 16.5. The van der Waals surface area contributed by atoms with Gasteiger partial charge in [0.1, 0.15) is 0 Å². The van der Waals surface area contributed by atoms with Gasteiger partial charge < -0.3 is 9.64 Å². The summed E-state index contributed by atoms with van der Waals surface area (Å²) < 4.78 is 5.79. The number of amides is 1. The molecule has 1 aromatic heterocycles. The van der Waals surface area contributed by atoms with E-state index in [0.29, 0.717) is 12.5 Å². The predicted molar refractivity (Wildman–Crippen MR) is 109 cm³/mol. The zero-order chi connectivity index (χ0) is 19.5. The van der Waals surface area contributed by atoms with Crippen LogP contribution in [0.15, 0.2) is 30.5 Å². The molecule has 1 saturated heterocycles. The number of aromatic nitrogens is 2.